The molecule has 1 saturated heterocycles. The maximum absolute atomic E-state index is 11.9. The lowest BCUT2D eigenvalue weighted by Gasteiger charge is -2.57. The van der Waals surface area contributed by atoms with Gasteiger partial charge in [0.15, 0.2) is 0 Å². The highest BCUT2D eigenvalue weighted by Crippen LogP contribution is 2.52. The van der Waals surface area contributed by atoms with E-state index in [-0.39, 0.29) is 30.0 Å². The highest BCUT2D eigenvalue weighted by atomic mass is 16.7. The van der Waals surface area contributed by atoms with Crippen molar-refractivity contribution in [3.8, 4) is 0 Å². The van der Waals surface area contributed by atoms with Gasteiger partial charge in [-0.05, 0) is 39.5 Å². The number of ether oxygens (including phenoxy) is 3. The third kappa shape index (κ3) is 4.61. The van der Waals surface area contributed by atoms with Gasteiger partial charge in [0.05, 0.1) is 12.5 Å². The molecule has 2 rings (SSSR count). The van der Waals surface area contributed by atoms with Crippen molar-refractivity contribution in [2.75, 3.05) is 19.7 Å². The summed E-state index contributed by atoms with van der Waals surface area (Å²) >= 11 is 0. The Bertz CT molecular complexity index is 508. The van der Waals surface area contributed by atoms with Crippen LogP contribution in [0.2, 0.25) is 0 Å². The number of rotatable bonds is 3. The molecule has 1 saturated carbocycles. The standard InChI is InChI=1S/C17H27NO6/c1-11(2)8-22-15(21)23-13(19)12-6-17(7-12)9-18(10-17)14(20)24-16(3,4)5/h11-12H,6-10H2,1-5H3. The zero-order valence-corrected chi connectivity index (χ0v) is 15.1. The van der Waals surface area contributed by atoms with Gasteiger partial charge in [-0.3, -0.25) is 4.79 Å². The monoisotopic (exact) mass is 341 g/mol. The predicted molar refractivity (Wildman–Crippen MR) is 85.2 cm³/mol. The molecule has 0 atom stereocenters. The van der Waals surface area contributed by atoms with Gasteiger partial charge < -0.3 is 19.1 Å². The van der Waals surface area contributed by atoms with E-state index in [2.05, 4.69) is 0 Å². The van der Waals surface area contributed by atoms with Crippen LogP contribution in [0, 0.1) is 17.3 Å². The Morgan fingerprint density at radius 3 is 2.25 bits per heavy atom. The summed E-state index contributed by atoms with van der Waals surface area (Å²) in [7, 11) is 0. The summed E-state index contributed by atoms with van der Waals surface area (Å²) in [5.41, 5.74) is -0.537. The molecular weight excluding hydrogens is 314 g/mol. The molecule has 7 heteroatoms. The number of carbonyl (C=O) groups is 3. The highest BCUT2D eigenvalue weighted by molar-refractivity contribution is 5.84. The van der Waals surface area contributed by atoms with Gasteiger partial charge in [-0.1, -0.05) is 13.8 Å². The molecule has 0 aromatic carbocycles. The zero-order chi connectivity index (χ0) is 18.1. The first kappa shape index (κ1) is 18.5. The third-order valence-electron chi connectivity index (χ3n) is 4.11. The number of nitrogens with zero attached hydrogens (tertiary/aromatic N) is 1. The van der Waals surface area contributed by atoms with E-state index in [9.17, 15) is 14.4 Å². The summed E-state index contributed by atoms with van der Waals surface area (Å²) < 4.78 is 14.8. The molecule has 0 N–H and O–H groups in total. The number of esters is 1. The highest BCUT2D eigenvalue weighted by Gasteiger charge is 2.57. The van der Waals surface area contributed by atoms with E-state index >= 15 is 0 Å². The summed E-state index contributed by atoms with van der Waals surface area (Å²) in [6.07, 6.45) is 0.000564. The van der Waals surface area contributed by atoms with Crippen molar-refractivity contribution in [3.05, 3.63) is 0 Å². The fourth-order valence-electron chi connectivity index (χ4n) is 3.06. The van der Waals surface area contributed by atoms with Crippen molar-refractivity contribution in [1.29, 1.82) is 0 Å². The van der Waals surface area contributed by atoms with Gasteiger partial charge in [0.2, 0.25) is 0 Å². The number of hydrogen-bond donors (Lipinski definition) is 0. The van der Waals surface area contributed by atoms with E-state index in [1.807, 2.05) is 34.6 Å². The molecule has 24 heavy (non-hydrogen) atoms. The number of amides is 1. The largest absolute Gasteiger partial charge is 0.516 e. The summed E-state index contributed by atoms with van der Waals surface area (Å²) in [6, 6.07) is 0. The topological polar surface area (TPSA) is 82.1 Å². The lowest BCUT2D eigenvalue weighted by Crippen LogP contribution is -2.65. The van der Waals surface area contributed by atoms with Gasteiger partial charge in [-0.15, -0.1) is 0 Å². The second-order valence-corrected chi connectivity index (χ2v) is 8.32. The minimum atomic E-state index is -0.932. The SMILES string of the molecule is CC(C)COC(=O)OC(=O)C1CC2(C1)CN(C(=O)OC(C)(C)C)C2. The van der Waals surface area contributed by atoms with Crippen molar-refractivity contribution in [2.24, 2.45) is 17.3 Å². The van der Waals surface area contributed by atoms with Crippen LogP contribution in [0.4, 0.5) is 9.59 Å². The summed E-state index contributed by atoms with van der Waals surface area (Å²) in [5, 5.41) is 0. The molecule has 1 amide bonds. The molecule has 1 heterocycles. The normalized spacial score (nSPS) is 19.5. The molecule has 1 aliphatic heterocycles. The molecule has 7 nitrogen and oxygen atoms in total. The first-order valence-corrected chi connectivity index (χ1v) is 8.36. The lowest BCUT2D eigenvalue weighted by molar-refractivity contribution is -0.161. The summed E-state index contributed by atoms with van der Waals surface area (Å²) in [4.78, 5) is 36.8. The van der Waals surface area contributed by atoms with E-state index in [4.69, 9.17) is 14.2 Å². The van der Waals surface area contributed by atoms with Gasteiger partial charge >= 0.3 is 18.2 Å². The number of hydrogen-bond acceptors (Lipinski definition) is 6. The molecule has 0 aromatic rings. The second-order valence-electron chi connectivity index (χ2n) is 8.32. The van der Waals surface area contributed by atoms with Gasteiger partial charge in [0.25, 0.3) is 0 Å². The molecule has 136 valence electrons. The van der Waals surface area contributed by atoms with Crippen LogP contribution in [-0.4, -0.2) is 48.4 Å². The molecule has 0 bridgehead atoms. The first-order chi connectivity index (χ1) is 11.0. The Balaban J connectivity index is 1.68. The fraction of sp³-hybridized carbons (Fsp3) is 0.824. The van der Waals surface area contributed by atoms with E-state index < -0.39 is 17.7 Å². The van der Waals surface area contributed by atoms with Crippen molar-refractivity contribution in [2.45, 2.75) is 53.1 Å². The van der Waals surface area contributed by atoms with Crippen LogP contribution in [0.15, 0.2) is 0 Å². The molecule has 2 aliphatic rings. The number of carbonyl (C=O) groups excluding carboxylic acids is 3. The molecule has 0 radical (unpaired) electrons. The quantitative estimate of drug-likeness (QED) is 0.580. The Morgan fingerprint density at radius 2 is 1.75 bits per heavy atom. The van der Waals surface area contributed by atoms with Crippen molar-refractivity contribution >= 4 is 18.2 Å². The summed E-state index contributed by atoms with van der Waals surface area (Å²) in [5.74, 6) is -0.643. The van der Waals surface area contributed by atoms with Crippen LogP contribution in [-0.2, 0) is 19.0 Å². The number of likely N-dealkylation sites (tertiary alicyclic amines) is 1. The van der Waals surface area contributed by atoms with Gasteiger partial charge in [0.1, 0.15) is 5.60 Å². The molecule has 0 aromatic heterocycles. The minimum Gasteiger partial charge on any atom is -0.444 e. The Hall–Kier alpha value is -1.79. The first-order valence-electron chi connectivity index (χ1n) is 8.36. The van der Waals surface area contributed by atoms with E-state index in [0.29, 0.717) is 25.9 Å². The van der Waals surface area contributed by atoms with E-state index in [1.54, 1.807) is 4.90 Å². The average molecular weight is 341 g/mol. The Morgan fingerprint density at radius 1 is 1.17 bits per heavy atom. The van der Waals surface area contributed by atoms with Crippen LogP contribution in [0.25, 0.3) is 0 Å². The molecular formula is C17H27NO6. The maximum atomic E-state index is 11.9. The summed E-state index contributed by atoms with van der Waals surface area (Å²) in [6.45, 7) is 10.7. The fourth-order valence-corrected chi connectivity index (χ4v) is 3.06. The van der Waals surface area contributed by atoms with E-state index in [0.717, 1.165) is 0 Å². The van der Waals surface area contributed by atoms with Crippen molar-refractivity contribution in [3.63, 3.8) is 0 Å². The Labute approximate surface area is 142 Å². The second kappa shape index (κ2) is 6.61. The van der Waals surface area contributed by atoms with Crippen LogP contribution in [0.3, 0.4) is 0 Å². The van der Waals surface area contributed by atoms with E-state index in [1.165, 1.54) is 0 Å². The van der Waals surface area contributed by atoms with Gasteiger partial charge in [0, 0.05) is 18.5 Å². The maximum Gasteiger partial charge on any atom is 0.516 e. The van der Waals surface area contributed by atoms with Gasteiger partial charge in [-0.2, -0.15) is 0 Å². The molecule has 2 fully saturated rings. The molecule has 1 aliphatic carbocycles. The van der Waals surface area contributed by atoms with Crippen LogP contribution in [0.1, 0.15) is 47.5 Å². The van der Waals surface area contributed by atoms with Crippen LogP contribution in [0.5, 0.6) is 0 Å². The average Bonchev–Trinajstić information content (AvgIpc) is 2.30. The lowest BCUT2D eigenvalue weighted by atomic mass is 9.58. The molecule has 1 spiro atoms. The minimum absolute atomic E-state index is 0.0254. The van der Waals surface area contributed by atoms with Crippen molar-refractivity contribution in [1.82, 2.24) is 4.90 Å². The Kier molecular flexibility index (Phi) is 5.11. The van der Waals surface area contributed by atoms with Crippen LogP contribution < -0.4 is 0 Å². The predicted octanol–water partition coefficient (Wildman–Crippen LogP) is 2.97. The zero-order valence-electron chi connectivity index (χ0n) is 15.1. The van der Waals surface area contributed by atoms with Crippen LogP contribution >= 0.6 is 0 Å². The van der Waals surface area contributed by atoms with Gasteiger partial charge in [-0.25, -0.2) is 9.59 Å². The smallest absolute Gasteiger partial charge is 0.444 e. The molecule has 0 unspecified atom stereocenters. The van der Waals surface area contributed by atoms with Crippen molar-refractivity contribution < 1.29 is 28.6 Å². The third-order valence-corrected chi connectivity index (χ3v) is 4.11.